The number of carbonyl (C=O) groups excluding carboxylic acids is 6. The van der Waals surface area contributed by atoms with Crippen LogP contribution in [0.4, 0.5) is 0 Å². The molecule has 2 atom stereocenters. The Kier molecular flexibility index (Phi) is 22.6. The molecule has 0 spiro atoms. The van der Waals surface area contributed by atoms with Crippen LogP contribution in [-0.2, 0) is 32.0 Å². The fourth-order valence-corrected chi connectivity index (χ4v) is 11.0. The largest absolute Gasteiger partial charge is 0.494 e. The van der Waals surface area contributed by atoms with Crippen molar-refractivity contribution in [3.05, 3.63) is 274 Å². The lowest BCUT2D eigenvalue weighted by atomic mass is 9.82. The molecular weight excluding hydrogens is 1240 g/mol. The summed E-state index contributed by atoms with van der Waals surface area (Å²) >= 11 is 0. The monoisotopic (exact) mass is 1320 g/mol. The van der Waals surface area contributed by atoms with Gasteiger partial charge in [0.1, 0.15) is 34.5 Å². The highest BCUT2D eigenvalue weighted by molar-refractivity contribution is 5.93. The minimum absolute atomic E-state index is 0.112. The van der Waals surface area contributed by atoms with Crippen LogP contribution >= 0.6 is 0 Å². The number of rotatable bonds is 27. The van der Waals surface area contributed by atoms with Crippen molar-refractivity contribution in [3.63, 3.8) is 0 Å². The number of aromatic hydroxyl groups is 4. The molecule has 0 aliphatic heterocycles. The third kappa shape index (κ3) is 17.4. The summed E-state index contributed by atoms with van der Waals surface area (Å²) < 4.78 is 36.1. The van der Waals surface area contributed by atoms with Gasteiger partial charge in [-0.2, -0.15) is 0 Å². The zero-order valence-corrected chi connectivity index (χ0v) is 54.3. The second-order valence-electron chi connectivity index (χ2n) is 23.3. The van der Waals surface area contributed by atoms with Crippen LogP contribution in [0.1, 0.15) is 136 Å². The normalized spacial score (nSPS) is 11.8. The van der Waals surface area contributed by atoms with E-state index in [0.29, 0.717) is 35.4 Å². The Morgan fingerprint density at radius 3 is 1.20 bits per heavy atom. The van der Waals surface area contributed by atoms with Crippen LogP contribution in [-0.4, -0.2) is 65.4 Å². The van der Waals surface area contributed by atoms with Crippen LogP contribution in [0.15, 0.2) is 218 Å². The van der Waals surface area contributed by atoms with E-state index in [1.807, 2.05) is 93.6 Å². The van der Waals surface area contributed by atoms with E-state index in [4.69, 9.17) is 28.4 Å². The van der Waals surface area contributed by atoms with Gasteiger partial charge in [-0.1, -0.05) is 119 Å². The van der Waals surface area contributed by atoms with Crippen molar-refractivity contribution < 1.29 is 77.6 Å². The Labute approximate surface area is 566 Å². The van der Waals surface area contributed by atoms with Crippen molar-refractivity contribution in [3.8, 4) is 69.4 Å². The number of unbranched alkanes of at least 4 members (excludes halogenated alkanes) is 2. The molecule has 0 fully saturated rings. The molecule has 0 saturated carbocycles. The first-order chi connectivity index (χ1) is 47.4. The maximum absolute atomic E-state index is 13.7. The summed E-state index contributed by atoms with van der Waals surface area (Å²) in [7, 11) is 0. The SMILES string of the molecule is CCCCC(=O)Oc1ccc(C(C)Cc2c(C(Cc3c(C)c(O)n(-c4ccc(OC(=O)c5ccc(OC(=O)C=Cc6ccccc6)cc5)cc4)c3O)c3ccc(OC(=O)c4ccc(OC(=O)C=Cc5ccccc5)cc4)cc3)c(O)n(-c3ccc(OC(=O)CCCC)cc3)c2O)cc1. The zero-order valence-electron chi connectivity index (χ0n) is 54.3. The molecule has 2 heterocycles. The van der Waals surface area contributed by atoms with E-state index in [0.717, 1.165) is 29.5 Å². The van der Waals surface area contributed by atoms with Gasteiger partial charge < -0.3 is 48.8 Å². The second-order valence-corrected chi connectivity index (χ2v) is 23.3. The van der Waals surface area contributed by atoms with Crippen molar-refractivity contribution >= 4 is 48.0 Å². The summed E-state index contributed by atoms with van der Waals surface area (Å²) in [6, 6.07) is 56.1. The van der Waals surface area contributed by atoms with Crippen LogP contribution < -0.4 is 28.4 Å². The highest BCUT2D eigenvalue weighted by Gasteiger charge is 2.34. The number of hydrogen-bond acceptors (Lipinski definition) is 16. The first-order valence-electron chi connectivity index (χ1n) is 32.1. The molecule has 0 saturated heterocycles. The highest BCUT2D eigenvalue weighted by atomic mass is 16.6. The Bertz CT molecular complexity index is 4500. The first kappa shape index (κ1) is 68.7. The van der Waals surface area contributed by atoms with Gasteiger partial charge in [0.05, 0.1) is 22.5 Å². The van der Waals surface area contributed by atoms with E-state index in [-0.39, 0.29) is 123 Å². The molecule has 2 unspecified atom stereocenters. The van der Waals surface area contributed by atoms with Crippen molar-refractivity contribution in [1.82, 2.24) is 9.13 Å². The number of nitrogens with zero attached hydrogens (tertiary/aromatic N) is 2. The predicted octanol–water partition coefficient (Wildman–Crippen LogP) is 16.0. The Hall–Kier alpha value is -12.2. The molecule has 18 nitrogen and oxygen atoms in total. The molecule has 18 heteroatoms. The fourth-order valence-electron chi connectivity index (χ4n) is 11.0. The number of esters is 6. The van der Waals surface area contributed by atoms with Gasteiger partial charge in [-0.25, -0.2) is 19.2 Å². The van der Waals surface area contributed by atoms with E-state index in [1.54, 1.807) is 79.7 Å². The lowest BCUT2D eigenvalue weighted by molar-refractivity contribution is -0.135. The zero-order chi connectivity index (χ0) is 69.2. The summed E-state index contributed by atoms with van der Waals surface area (Å²) in [5, 5.41) is 50.0. The molecule has 98 heavy (non-hydrogen) atoms. The molecule has 4 N–H and O–H groups in total. The Morgan fingerprint density at radius 1 is 0.408 bits per heavy atom. The van der Waals surface area contributed by atoms with E-state index < -0.39 is 35.8 Å². The average Bonchev–Trinajstić information content (AvgIpc) is 1.60. The van der Waals surface area contributed by atoms with E-state index >= 15 is 0 Å². The van der Waals surface area contributed by atoms with Crippen LogP contribution in [0.5, 0.6) is 58.0 Å². The molecule has 0 aliphatic carbocycles. The number of benzene rings is 8. The summed E-state index contributed by atoms with van der Waals surface area (Å²) in [5.41, 5.74) is 4.88. The van der Waals surface area contributed by atoms with E-state index in [2.05, 4.69) is 0 Å². The molecule has 2 aromatic heterocycles. The van der Waals surface area contributed by atoms with Crippen LogP contribution in [0.25, 0.3) is 23.5 Å². The lowest BCUT2D eigenvalue weighted by Crippen LogP contribution is -2.11. The van der Waals surface area contributed by atoms with Gasteiger partial charge in [-0.05, 0) is 194 Å². The van der Waals surface area contributed by atoms with Gasteiger partial charge >= 0.3 is 35.8 Å². The topological polar surface area (TPSA) is 249 Å². The molecule has 10 rings (SSSR count). The van der Waals surface area contributed by atoms with Crippen LogP contribution in [0, 0.1) is 6.92 Å². The van der Waals surface area contributed by atoms with Crippen LogP contribution in [0.3, 0.4) is 0 Å². The highest BCUT2D eigenvalue weighted by Crippen LogP contribution is 2.49. The van der Waals surface area contributed by atoms with E-state index in [9.17, 15) is 49.2 Å². The van der Waals surface area contributed by atoms with Gasteiger partial charge in [0, 0.05) is 53.2 Å². The van der Waals surface area contributed by atoms with Crippen molar-refractivity contribution in [2.45, 2.75) is 90.9 Å². The van der Waals surface area contributed by atoms with Gasteiger partial charge in [0.2, 0.25) is 23.5 Å². The van der Waals surface area contributed by atoms with Crippen molar-refractivity contribution in [1.29, 1.82) is 0 Å². The third-order valence-electron chi connectivity index (χ3n) is 16.3. The third-order valence-corrected chi connectivity index (χ3v) is 16.3. The minimum Gasteiger partial charge on any atom is -0.494 e. The lowest BCUT2D eigenvalue weighted by Gasteiger charge is -2.21. The quantitative estimate of drug-likeness (QED) is 0.0212. The molecule has 8 aromatic carbocycles. The molecule has 0 amide bonds. The molecular formula is C80H72N2O16. The molecule has 10 aromatic rings. The van der Waals surface area contributed by atoms with Gasteiger partial charge in [-0.15, -0.1) is 0 Å². The maximum atomic E-state index is 13.7. The predicted molar refractivity (Wildman–Crippen MR) is 369 cm³/mol. The Morgan fingerprint density at radius 2 is 0.776 bits per heavy atom. The second kappa shape index (κ2) is 32.3. The number of carbonyl (C=O) groups is 6. The Balaban J connectivity index is 0.963. The fraction of sp³-hybridized carbons (Fsp3) is 0.175. The van der Waals surface area contributed by atoms with Gasteiger partial charge in [0.15, 0.2) is 0 Å². The van der Waals surface area contributed by atoms with Gasteiger partial charge in [0.25, 0.3) is 0 Å². The first-order valence-corrected chi connectivity index (χ1v) is 32.1. The summed E-state index contributed by atoms with van der Waals surface area (Å²) in [6.07, 6.45) is 9.28. The van der Waals surface area contributed by atoms with Crippen LogP contribution in [0.2, 0.25) is 0 Å². The number of ether oxygens (including phenoxy) is 6. The molecule has 498 valence electrons. The van der Waals surface area contributed by atoms with Gasteiger partial charge in [-0.3, -0.25) is 18.7 Å². The molecule has 0 bridgehead atoms. The number of aromatic nitrogens is 2. The summed E-state index contributed by atoms with van der Waals surface area (Å²) in [4.78, 5) is 77.4. The maximum Gasteiger partial charge on any atom is 0.343 e. The van der Waals surface area contributed by atoms with E-state index in [1.165, 1.54) is 94.1 Å². The van der Waals surface area contributed by atoms with Crippen molar-refractivity contribution in [2.75, 3.05) is 0 Å². The smallest absolute Gasteiger partial charge is 0.343 e. The average molecular weight is 1320 g/mol. The number of hydrogen-bond donors (Lipinski definition) is 4. The molecule has 0 radical (unpaired) electrons. The molecule has 0 aliphatic rings. The standard InChI is InChI=1S/C80H72N2O16/c1-5-7-19-70(83)93-61-35-23-55(24-36-61)51(3)49-69-74(78(90)82(77(69)89)60-31-43-64(44-32-60)94-71(84)20-8-6-2)68(56-25-37-65(38-26-56)97-79(91)57-27-39-62(40-28-57)95-72(85)47-21-53-15-11-9-12-16-53)50-67-52(4)75(87)81(76(67)88)59-33-45-66(46-34-59)98-80(92)58-29-41-63(42-30-58)96-73(86)48-22-54-17-13-10-14-18-54/h9-18,21-48,51,68,87-90H,5-8,19-20,49-50H2,1-4H3. The minimum atomic E-state index is -0.963. The summed E-state index contributed by atoms with van der Waals surface area (Å²) in [5.74, 6) is -4.87. The van der Waals surface area contributed by atoms with Crippen molar-refractivity contribution in [2.24, 2.45) is 0 Å². The summed E-state index contributed by atoms with van der Waals surface area (Å²) in [6.45, 7) is 7.51.